The largest absolute Gasteiger partial charge is 0.492 e. The molecular formula is C14H22N2O3. The molecule has 0 spiro atoms. The van der Waals surface area contributed by atoms with Gasteiger partial charge >= 0.3 is 0 Å². The summed E-state index contributed by atoms with van der Waals surface area (Å²) in [4.78, 5) is 11.6. The minimum Gasteiger partial charge on any atom is -0.492 e. The molecule has 0 atom stereocenters. The molecule has 0 heterocycles. The second kappa shape index (κ2) is 9.22. The third-order valence-electron chi connectivity index (χ3n) is 2.47. The number of carbonyl (C=O) groups excluding carboxylic acids is 1. The number of carbonyl (C=O) groups is 1. The van der Waals surface area contributed by atoms with Crippen LogP contribution in [0, 0.1) is 0 Å². The highest BCUT2D eigenvalue weighted by atomic mass is 16.5. The van der Waals surface area contributed by atoms with Gasteiger partial charge in [-0.15, -0.1) is 0 Å². The van der Waals surface area contributed by atoms with E-state index in [9.17, 15) is 4.79 Å². The molecule has 0 bridgehead atoms. The smallest absolute Gasteiger partial charge is 0.239 e. The van der Waals surface area contributed by atoms with E-state index in [-0.39, 0.29) is 12.5 Å². The van der Waals surface area contributed by atoms with E-state index in [2.05, 4.69) is 10.6 Å². The Hall–Kier alpha value is -1.75. The number of anilines is 1. The first-order valence-electron chi connectivity index (χ1n) is 6.49. The fraction of sp³-hybridized carbons (Fsp3) is 0.500. The van der Waals surface area contributed by atoms with Crippen molar-refractivity contribution in [2.24, 2.45) is 0 Å². The average molecular weight is 266 g/mol. The third kappa shape index (κ3) is 6.10. The number of rotatable bonds is 9. The van der Waals surface area contributed by atoms with E-state index < -0.39 is 0 Å². The predicted octanol–water partition coefficient (Wildman–Crippen LogP) is 1.65. The fourth-order valence-corrected chi connectivity index (χ4v) is 1.58. The lowest BCUT2D eigenvalue weighted by Crippen LogP contribution is -2.31. The third-order valence-corrected chi connectivity index (χ3v) is 2.47. The van der Waals surface area contributed by atoms with Gasteiger partial charge in [-0.25, -0.2) is 0 Å². The summed E-state index contributed by atoms with van der Waals surface area (Å²) in [7, 11) is 1.65. The highest BCUT2D eigenvalue weighted by Crippen LogP contribution is 2.23. The molecular weight excluding hydrogens is 244 g/mol. The minimum absolute atomic E-state index is 0.0394. The van der Waals surface area contributed by atoms with Crippen molar-refractivity contribution < 1.29 is 14.3 Å². The molecule has 106 valence electrons. The Kier molecular flexibility index (Phi) is 7.43. The maximum atomic E-state index is 11.6. The van der Waals surface area contributed by atoms with Crippen molar-refractivity contribution in [1.29, 1.82) is 0 Å². The van der Waals surface area contributed by atoms with Gasteiger partial charge in [0.15, 0.2) is 0 Å². The first-order valence-corrected chi connectivity index (χ1v) is 6.49. The molecule has 0 aliphatic heterocycles. The van der Waals surface area contributed by atoms with Crippen LogP contribution >= 0.6 is 0 Å². The van der Waals surface area contributed by atoms with Crippen molar-refractivity contribution in [1.82, 2.24) is 5.32 Å². The molecule has 2 N–H and O–H groups in total. The summed E-state index contributed by atoms with van der Waals surface area (Å²) in [6.07, 6.45) is 0.817. The molecule has 0 aliphatic rings. The quantitative estimate of drug-likeness (QED) is 0.667. The topological polar surface area (TPSA) is 59.6 Å². The first kappa shape index (κ1) is 15.3. The maximum absolute atomic E-state index is 11.6. The van der Waals surface area contributed by atoms with E-state index in [4.69, 9.17) is 9.47 Å². The van der Waals surface area contributed by atoms with Gasteiger partial charge in [-0.1, -0.05) is 12.1 Å². The van der Waals surface area contributed by atoms with E-state index in [1.165, 1.54) is 0 Å². The Bertz CT molecular complexity index is 383. The van der Waals surface area contributed by atoms with Crippen molar-refractivity contribution in [2.75, 3.05) is 38.7 Å². The van der Waals surface area contributed by atoms with Crippen LogP contribution in [0.1, 0.15) is 13.3 Å². The molecule has 1 aromatic carbocycles. The van der Waals surface area contributed by atoms with Crippen LogP contribution in [0.3, 0.4) is 0 Å². The molecule has 1 rings (SSSR count). The molecule has 0 saturated carbocycles. The molecule has 5 heteroatoms. The lowest BCUT2D eigenvalue weighted by atomic mass is 10.3. The Morgan fingerprint density at radius 2 is 2.11 bits per heavy atom. The number of para-hydroxylation sites is 2. The Morgan fingerprint density at radius 3 is 2.84 bits per heavy atom. The van der Waals surface area contributed by atoms with Gasteiger partial charge in [-0.2, -0.15) is 0 Å². The van der Waals surface area contributed by atoms with Crippen molar-refractivity contribution in [3.05, 3.63) is 24.3 Å². The van der Waals surface area contributed by atoms with Gasteiger partial charge in [0.05, 0.1) is 18.8 Å². The molecule has 0 saturated heterocycles. The van der Waals surface area contributed by atoms with Crippen molar-refractivity contribution in [2.45, 2.75) is 13.3 Å². The van der Waals surface area contributed by atoms with Crippen molar-refractivity contribution in [3.8, 4) is 5.75 Å². The van der Waals surface area contributed by atoms with Gasteiger partial charge in [-0.05, 0) is 25.5 Å². The lowest BCUT2D eigenvalue weighted by molar-refractivity contribution is -0.119. The zero-order valence-electron chi connectivity index (χ0n) is 11.6. The molecule has 0 unspecified atom stereocenters. The van der Waals surface area contributed by atoms with Crippen LogP contribution in [-0.4, -0.2) is 39.3 Å². The number of amides is 1. The van der Waals surface area contributed by atoms with Crippen molar-refractivity contribution in [3.63, 3.8) is 0 Å². The summed E-state index contributed by atoms with van der Waals surface area (Å²) in [5.41, 5.74) is 0.830. The fourth-order valence-electron chi connectivity index (χ4n) is 1.58. The molecule has 0 fully saturated rings. The van der Waals surface area contributed by atoms with E-state index in [0.717, 1.165) is 17.9 Å². The lowest BCUT2D eigenvalue weighted by Gasteiger charge is -2.12. The van der Waals surface area contributed by atoms with E-state index in [1.54, 1.807) is 7.11 Å². The summed E-state index contributed by atoms with van der Waals surface area (Å²) < 4.78 is 10.4. The first-order chi connectivity index (χ1) is 9.27. The second-order valence-corrected chi connectivity index (χ2v) is 3.98. The van der Waals surface area contributed by atoms with Crippen molar-refractivity contribution >= 4 is 11.6 Å². The Labute approximate surface area is 114 Å². The van der Waals surface area contributed by atoms with Crippen LogP contribution < -0.4 is 15.4 Å². The van der Waals surface area contributed by atoms with Gasteiger partial charge in [0.25, 0.3) is 0 Å². The number of nitrogens with one attached hydrogen (secondary N) is 2. The number of methoxy groups -OCH3 is 1. The Morgan fingerprint density at radius 1 is 1.32 bits per heavy atom. The molecule has 0 aliphatic carbocycles. The summed E-state index contributed by atoms with van der Waals surface area (Å²) in [6.45, 7) is 4.04. The number of ether oxygens (including phenoxy) is 2. The summed E-state index contributed by atoms with van der Waals surface area (Å²) >= 11 is 0. The van der Waals surface area contributed by atoms with E-state index in [0.29, 0.717) is 19.8 Å². The maximum Gasteiger partial charge on any atom is 0.239 e. The normalized spacial score (nSPS) is 10.0. The monoisotopic (exact) mass is 266 g/mol. The molecule has 0 aromatic heterocycles. The van der Waals surface area contributed by atoms with Crippen LogP contribution in [0.4, 0.5) is 5.69 Å². The van der Waals surface area contributed by atoms with Gasteiger partial charge in [0.1, 0.15) is 5.75 Å². The van der Waals surface area contributed by atoms with Gasteiger partial charge in [0.2, 0.25) is 5.91 Å². The Balaban J connectivity index is 2.33. The number of hydrogen-bond donors (Lipinski definition) is 2. The van der Waals surface area contributed by atoms with Crippen LogP contribution in [0.25, 0.3) is 0 Å². The zero-order chi connectivity index (χ0) is 13.9. The van der Waals surface area contributed by atoms with Crippen LogP contribution in [0.2, 0.25) is 0 Å². The van der Waals surface area contributed by atoms with Crippen LogP contribution in [0.15, 0.2) is 24.3 Å². The summed E-state index contributed by atoms with van der Waals surface area (Å²) in [5, 5.41) is 5.89. The molecule has 0 radical (unpaired) electrons. The molecule has 5 nitrogen and oxygen atoms in total. The molecule has 1 amide bonds. The standard InChI is InChI=1S/C14H22N2O3/c1-3-19-13-8-5-4-7-12(13)16-11-14(17)15-9-6-10-18-2/h4-5,7-8,16H,3,6,9-11H2,1-2H3,(H,15,17). The van der Waals surface area contributed by atoms with E-state index in [1.807, 2.05) is 31.2 Å². The number of hydrogen-bond acceptors (Lipinski definition) is 4. The minimum atomic E-state index is -0.0394. The SMILES string of the molecule is CCOc1ccccc1NCC(=O)NCCCOC. The van der Waals surface area contributed by atoms with Gasteiger partial charge in [0, 0.05) is 20.3 Å². The number of benzene rings is 1. The zero-order valence-corrected chi connectivity index (χ0v) is 11.6. The summed E-state index contributed by atoms with van der Waals surface area (Å²) in [6, 6.07) is 7.58. The average Bonchev–Trinajstić information content (AvgIpc) is 2.43. The van der Waals surface area contributed by atoms with E-state index >= 15 is 0 Å². The van der Waals surface area contributed by atoms with Crippen LogP contribution in [-0.2, 0) is 9.53 Å². The van der Waals surface area contributed by atoms with Gasteiger partial charge in [-0.3, -0.25) is 4.79 Å². The van der Waals surface area contributed by atoms with Gasteiger partial charge < -0.3 is 20.1 Å². The second-order valence-electron chi connectivity index (χ2n) is 3.98. The predicted molar refractivity (Wildman–Crippen MR) is 75.6 cm³/mol. The molecule has 1 aromatic rings. The summed E-state index contributed by atoms with van der Waals surface area (Å²) in [5.74, 6) is 0.722. The highest BCUT2D eigenvalue weighted by Gasteiger charge is 2.04. The molecule has 19 heavy (non-hydrogen) atoms. The highest BCUT2D eigenvalue weighted by molar-refractivity contribution is 5.81. The van der Waals surface area contributed by atoms with Crippen LogP contribution in [0.5, 0.6) is 5.75 Å².